The van der Waals surface area contributed by atoms with Gasteiger partial charge in [0.25, 0.3) is 0 Å². The molecule has 11 heteroatoms. The van der Waals surface area contributed by atoms with Crippen molar-refractivity contribution in [3.8, 4) is 11.1 Å². The molecule has 2 fully saturated rings. The number of piperazine rings is 1. The predicted molar refractivity (Wildman–Crippen MR) is 250 cm³/mol. The third-order valence-corrected chi connectivity index (χ3v) is 14.0. The van der Waals surface area contributed by atoms with Gasteiger partial charge in [-0.05, 0) is 64.4 Å². The largest absolute Gasteiger partial charge is 0.392 e. The van der Waals surface area contributed by atoms with E-state index in [9.17, 15) is 18.3 Å². The lowest BCUT2D eigenvalue weighted by Gasteiger charge is -2.44. The molecule has 5 atom stereocenters. The van der Waals surface area contributed by atoms with Gasteiger partial charge in [-0.3, -0.25) is 14.6 Å². The first-order valence-corrected chi connectivity index (χ1v) is 23.7. The standard InChI is InChI=1S/C53H58N4O6S/c1-38-17-27-47(28-18-38)64(60,61)55-49(33-40-11-5-3-6-12-40)52(59)54-34-46-15-9-10-16-48(46)43-23-25-45(26-24-43)53-62-50(39(2)51(63-53)44-21-19-42(37-58)20-22-44)36-57-31-29-56(30-32-57)35-41-13-7-4-8-14-41/h3-28,39,49-51,53,55,58H,29-37H2,1-2H3,(H,54,59). The zero-order valence-corrected chi connectivity index (χ0v) is 37.4. The zero-order chi connectivity index (χ0) is 44.5. The van der Waals surface area contributed by atoms with Gasteiger partial charge >= 0.3 is 0 Å². The maximum absolute atomic E-state index is 13.9. The Bertz CT molecular complexity index is 2530. The smallest absolute Gasteiger partial charge is 0.241 e. The van der Waals surface area contributed by atoms with E-state index in [0.717, 1.165) is 83.8 Å². The number of rotatable bonds is 16. The number of sulfonamides is 1. The van der Waals surface area contributed by atoms with Crippen molar-refractivity contribution in [3.05, 3.63) is 197 Å². The lowest BCUT2D eigenvalue weighted by Crippen LogP contribution is -2.51. The van der Waals surface area contributed by atoms with E-state index in [-0.39, 0.29) is 42.6 Å². The van der Waals surface area contributed by atoms with Gasteiger partial charge in [-0.15, -0.1) is 0 Å². The molecule has 10 nitrogen and oxygen atoms in total. The van der Waals surface area contributed by atoms with E-state index < -0.39 is 28.3 Å². The number of aliphatic hydroxyl groups excluding tert-OH is 1. The van der Waals surface area contributed by atoms with E-state index in [0.29, 0.717) is 0 Å². The normalized spacial score (nSPS) is 20.1. The molecule has 2 aliphatic rings. The fraction of sp³-hybridized carbons (Fsp3) is 0.302. The molecule has 0 bridgehead atoms. The first-order chi connectivity index (χ1) is 31.1. The highest BCUT2D eigenvalue weighted by Gasteiger charge is 2.39. The van der Waals surface area contributed by atoms with Gasteiger partial charge in [0.15, 0.2) is 6.29 Å². The van der Waals surface area contributed by atoms with Gasteiger partial charge < -0.3 is 19.9 Å². The monoisotopic (exact) mass is 878 g/mol. The maximum atomic E-state index is 13.9. The van der Waals surface area contributed by atoms with Gasteiger partial charge in [0.2, 0.25) is 15.9 Å². The molecule has 0 aliphatic carbocycles. The number of benzene rings is 6. The lowest BCUT2D eigenvalue weighted by molar-refractivity contribution is -0.276. The molecule has 3 N–H and O–H groups in total. The van der Waals surface area contributed by atoms with Crippen molar-refractivity contribution in [2.24, 2.45) is 5.92 Å². The second-order valence-corrected chi connectivity index (χ2v) is 18.8. The number of nitrogens with zero attached hydrogens (tertiary/aromatic N) is 2. The summed E-state index contributed by atoms with van der Waals surface area (Å²) in [5.41, 5.74) is 8.71. The molecule has 332 valence electrons. The molecule has 0 radical (unpaired) electrons. The third-order valence-electron chi connectivity index (χ3n) is 12.5. The van der Waals surface area contributed by atoms with Crippen molar-refractivity contribution in [1.82, 2.24) is 19.8 Å². The van der Waals surface area contributed by atoms with Crippen LogP contribution < -0.4 is 10.0 Å². The van der Waals surface area contributed by atoms with Crippen LogP contribution in [0.3, 0.4) is 0 Å². The summed E-state index contributed by atoms with van der Waals surface area (Å²) in [4.78, 5) is 19.0. The van der Waals surface area contributed by atoms with Crippen molar-refractivity contribution in [1.29, 1.82) is 0 Å². The summed E-state index contributed by atoms with van der Waals surface area (Å²) < 4.78 is 43.3. The minimum atomic E-state index is -3.98. The summed E-state index contributed by atoms with van der Waals surface area (Å²) in [6, 6.07) is 49.7. The Kier molecular flexibility index (Phi) is 14.8. The van der Waals surface area contributed by atoms with Gasteiger partial charge in [-0.2, -0.15) is 4.72 Å². The Balaban J connectivity index is 0.964. The Morgan fingerprint density at radius 2 is 1.31 bits per heavy atom. The van der Waals surface area contributed by atoms with Crippen molar-refractivity contribution in [3.63, 3.8) is 0 Å². The topological polar surface area (TPSA) is 120 Å². The molecule has 2 aliphatic heterocycles. The van der Waals surface area contributed by atoms with E-state index in [1.54, 1.807) is 24.3 Å². The van der Waals surface area contributed by atoms with Crippen LogP contribution in [0.1, 0.15) is 58.3 Å². The molecule has 0 aromatic heterocycles. The van der Waals surface area contributed by atoms with Crippen molar-refractivity contribution >= 4 is 15.9 Å². The SMILES string of the molecule is Cc1ccc(S(=O)(=O)NC(Cc2ccccc2)C(=O)NCc2ccccc2-c2ccc(C3OC(CN4CCN(Cc5ccccc5)CC4)C(C)C(c4ccc(CO)cc4)O3)cc2)cc1. The first kappa shape index (κ1) is 45.1. The van der Waals surface area contributed by atoms with E-state index in [1.807, 2.05) is 85.8 Å². The number of ether oxygens (including phenoxy) is 2. The summed E-state index contributed by atoms with van der Waals surface area (Å²) in [6.45, 7) is 9.95. The summed E-state index contributed by atoms with van der Waals surface area (Å²) in [5.74, 6) is -0.347. The minimum Gasteiger partial charge on any atom is -0.392 e. The van der Waals surface area contributed by atoms with Crippen LogP contribution >= 0.6 is 0 Å². The van der Waals surface area contributed by atoms with Crippen LogP contribution in [0.15, 0.2) is 163 Å². The number of hydrogen-bond donors (Lipinski definition) is 3. The van der Waals surface area contributed by atoms with Crippen LogP contribution in [-0.4, -0.2) is 74.1 Å². The van der Waals surface area contributed by atoms with Crippen molar-refractivity contribution in [2.75, 3.05) is 32.7 Å². The average Bonchev–Trinajstić information content (AvgIpc) is 3.33. The number of carbonyl (C=O) groups excluding carboxylic acids is 1. The van der Waals surface area contributed by atoms with Gasteiger partial charge in [0.05, 0.1) is 23.7 Å². The first-order valence-electron chi connectivity index (χ1n) is 22.2. The Morgan fingerprint density at radius 1 is 0.703 bits per heavy atom. The highest BCUT2D eigenvalue weighted by atomic mass is 32.2. The van der Waals surface area contributed by atoms with E-state index in [2.05, 4.69) is 81.4 Å². The van der Waals surface area contributed by atoms with Crippen LogP contribution in [-0.2, 0) is 50.4 Å². The second-order valence-electron chi connectivity index (χ2n) is 17.1. The number of aliphatic hydroxyl groups is 1. The number of nitrogens with one attached hydrogen (secondary N) is 2. The highest BCUT2D eigenvalue weighted by Crippen LogP contribution is 2.42. The third kappa shape index (κ3) is 11.4. The van der Waals surface area contributed by atoms with Crippen LogP contribution in [0.25, 0.3) is 11.1 Å². The molecule has 2 saturated heterocycles. The van der Waals surface area contributed by atoms with Crippen LogP contribution in [0.4, 0.5) is 0 Å². The van der Waals surface area contributed by atoms with Gasteiger partial charge in [0, 0.05) is 57.3 Å². The number of hydrogen-bond acceptors (Lipinski definition) is 8. The summed E-state index contributed by atoms with van der Waals surface area (Å²) in [6.07, 6.45) is -0.714. The summed E-state index contributed by atoms with van der Waals surface area (Å²) in [5, 5.41) is 12.8. The molecule has 5 unspecified atom stereocenters. The fourth-order valence-electron chi connectivity index (χ4n) is 8.65. The van der Waals surface area contributed by atoms with E-state index >= 15 is 0 Å². The van der Waals surface area contributed by atoms with E-state index in [4.69, 9.17) is 9.47 Å². The van der Waals surface area contributed by atoms with Gasteiger partial charge in [0.1, 0.15) is 6.04 Å². The van der Waals surface area contributed by atoms with Gasteiger partial charge in [-0.25, -0.2) is 8.42 Å². The van der Waals surface area contributed by atoms with Crippen molar-refractivity contribution < 1.29 is 27.8 Å². The molecular formula is C53H58N4O6S. The quantitative estimate of drug-likeness (QED) is 0.0897. The number of amides is 1. The predicted octanol–water partition coefficient (Wildman–Crippen LogP) is 7.97. The van der Waals surface area contributed by atoms with Crippen LogP contribution in [0.5, 0.6) is 0 Å². The molecule has 0 spiro atoms. The zero-order valence-electron chi connectivity index (χ0n) is 36.6. The summed E-state index contributed by atoms with van der Waals surface area (Å²) in [7, 11) is -3.98. The van der Waals surface area contributed by atoms with Crippen LogP contribution in [0, 0.1) is 12.8 Å². The van der Waals surface area contributed by atoms with Crippen molar-refractivity contribution in [2.45, 2.75) is 69.4 Å². The molecule has 6 aromatic rings. The molecule has 64 heavy (non-hydrogen) atoms. The Hall–Kier alpha value is -5.50. The van der Waals surface area contributed by atoms with E-state index in [1.165, 1.54) is 5.56 Å². The molecule has 2 heterocycles. The lowest BCUT2D eigenvalue weighted by atomic mass is 9.89. The number of aryl methyl sites for hydroxylation is 1. The Labute approximate surface area is 377 Å². The molecular weight excluding hydrogens is 821 g/mol. The molecule has 8 rings (SSSR count). The Morgan fingerprint density at radius 3 is 1.98 bits per heavy atom. The van der Waals surface area contributed by atoms with Gasteiger partial charge in [-0.1, -0.05) is 158 Å². The molecule has 0 saturated carbocycles. The molecule has 6 aromatic carbocycles. The summed E-state index contributed by atoms with van der Waals surface area (Å²) >= 11 is 0. The second kappa shape index (κ2) is 21.0. The highest BCUT2D eigenvalue weighted by molar-refractivity contribution is 7.89. The fourth-order valence-corrected chi connectivity index (χ4v) is 9.84. The average molecular weight is 879 g/mol. The number of carbonyl (C=O) groups is 1. The van der Waals surface area contributed by atoms with Crippen LogP contribution in [0.2, 0.25) is 0 Å². The molecule has 1 amide bonds. The maximum Gasteiger partial charge on any atom is 0.241 e. The minimum absolute atomic E-state index is 0.0152.